The number of hydrogen-bond acceptors (Lipinski definition) is 6. The molecule has 35 heavy (non-hydrogen) atoms. The first-order valence-corrected chi connectivity index (χ1v) is 13.2. The van der Waals surface area contributed by atoms with Gasteiger partial charge in [-0.25, -0.2) is 13.2 Å². The Hall–Kier alpha value is -2.62. The third kappa shape index (κ3) is 6.74. The van der Waals surface area contributed by atoms with Crippen molar-refractivity contribution in [3.05, 3.63) is 58.6 Å². The van der Waals surface area contributed by atoms with Gasteiger partial charge in [-0.05, 0) is 70.4 Å². The fourth-order valence-electron chi connectivity index (χ4n) is 3.88. The summed E-state index contributed by atoms with van der Waals surface area (Å²) < 4.78 is 33.2. The van der Waals surface area contributed by atoms with Gasteiger partial charge in [-0.3, -0.25) is 4.79 Å². The Bertz CT molecular complexity index is 1190. The molecule has 0 spiro atoms. The molecule has 1 aliphatic heterocycles. The second-order valence-corrected chi connectivity index (χ2v) is 12.0. The van der Waals surface area contributed by atoms with Gasteiger partial charge in [-0.1, -0.05) is 35.4 Å². The number of amides is 1. The first-order chi connectivity index (χ1) is 16.3. The van der Waals surface area contributed by atoms with E-state index in [2.05, 4.69) is 5.32 Å². The number of sulfonamides is 1. The molecule has 2 aromatic rings. The zero-order chi connectivity index (χ0) is 26.0. The molecule has 10 heteroatoms. The van der Waals surface area contributed by atoms with Gasteiger partial charge in [0.25, 0.3) is 0 Å². The number of benzene rings is 2. The van der Waals surface area contributed by atoms with E-state index in [9.17, 15) is 23.1 Å². The van der Waals surface area contributed by atoms with Crippen molar-refractivity contribution in [2.24, 2.45) is 0 Å². The van der Waals surface area contributed by atoms with Crippen LogP contribution in [0.15, 0.2) is 47.4 Å². The number of hydrogen-bond donors (Lipinski definition) is 2. The van der Waals surface area contributed by atoms with E-state index in [0.29, 0.717) is 18.4 Å². The fraction of sp³-hybridized carbons (Fsp3) is 0.440. The van der Waals surface area contributed by atoms with Crippen LogP contribution in [0.5, 0.6) is 5.75 Å². The highest BCUT2D eigenvalue weighted by Crippen LogP contribution is 2.28. The highest BCUT2D eigenvalue weighted by atomic mass is 35.5. The van der Waals surface area contributed by atoms with Gasteiger partial charge in [-0.2, -0.15) is 4.31 Å². The lowest BCUT2D eigenvalue weighted by atomic mass is 10.0. The van der Waals surface area contributed by atoms with Gasteiger partial charge < -0.3 is 15.2 Å². The van der Waals surface area contributed by atoms with Crippen LogP contribution in [0.2, 0.25) is 5.02 Å². The molecule has 190 valence electrons. The number of nitrogens with zero attached hydrogens (tertiary/aromatic N) is 1. The fourth-order valence-corrected chi connectivity index (χ4v) is 5.74. The van der Waals surface area contributed by atoms with Crippen LogP contribution in [0.1, 0.15) is 44.7 Å². The first-order valence-electron chi connectivity index (χ1n) is 11.4. The Morgan fingerprint density at radius 3 is 2.46 bits per heavy atom. The summed E-state index contributed by atoms with van der Waals surface area (Å²) in [5.74, 6) is -1.32. The van der Waals surface area contributed by atoms with Gasteiger partial charge in [0, 0.05) is 13.0 Å². The third-order valence-electron chi connectivity index (χ3n) is 5.59. The van der Waals surface area contributed by atoms with Crippen LogP contribution in [0.3, 0.4) is 0 Å². The Balaban J connectivity index is 1.83. The van der Waals surface area contributed by atoms with E-state index in [4.69, 9.17) is 16.3 Å². The molecule has 0 aromatic heterocycles. The molecule has 2 atom stereocenters. The average molecular weight is 523 g/mol. The zero-order valence-corrected chi connectivity index (χ0v) is 21.8. The van der Waals surface area contributed by atoms with Crippen molar-refractivity contribution in [3.63, 3.8) is 0 Å². The van der Waals surface area contributed by atoms with Crippen LogP contribution in [-0.2, 0) is 30.8 Å². The SMILES string of the molecule is Cc1ccc(S(=O)(=O)N2CCC[C@H]2C(=O)N[C@@H](Cc2ccc(O)c(Cl)c2)C(=O)OC(C)(C)C)cc1. The van der Waals surface area contributed by atoms with E-state index in [1.165, 1.54) is 28.6 Å². The van der Waals surface area contributed by atoms with Crippen LogP contribution in [0.25, 0.3) is 0 Å². The van der Waals surface area contributed by atoms with Gasteiger partial charge in [0.2, 0.25) is 15.9 Å². The lowest BCUT2D eigenvalue weighted by molar-refractivity contribution is -0.158. The van der Waals surface area contributed by atoms with Crippen LogP contribution in [0.4, 0.5) is 0 Å². The summed E-state index contributed by atoms with van der Waals surface area (Å²) in [4.78, 5) is 26.4. The Morgan fingerprint density at radius 2 is 1.86 bits per heavy atom. The number of carbonyl (C=O) groups excluding carboxylic acids is 2. The molecule has 1 saturated heterocycles. The summed E-state index contributed by atoms with van der Waals surface area (Å²) in [7, 11) is -3.89. The molecule has 1 aliphatic rings. The molecule has 1 amide bonds. The summed E-state index contributed by atoms with van der Waals surface area (Å²) in [6, 6.07) is 8.93. The standard InChI is InChI=1S/C25H31ClN2O6S/c1-16-7-10-18(11-8-16)35(32,33)28-13-5-6-21(28)23(30)27-20(24(31)34-25(2,3)4)15-17-9-12-22(29)19(26)14-17/h7-12,14,20-21,29H,5-6,13,15H2,1-4H3,(H,27,30)/t20-,21-/m0/s1. The molecule has 0 bridgehead atoms. The molecule has 0 radical (unpaired) electrons. The molecular formula is C25H31ClN2O6S. The molecule has 0 aliphatic carbocycles. The lowest BCUT2D eigenvalue weighted by Gasteiger charge is -2.28. The summed E-state index contributed by atoms with van der Waals surface area (Å²) in [6.45, 7) is 7.22. The number of phenolic OH excluding ortho intramolecular Hbond substituents is 1. The molecule has 3 rings (SSSR count). The van der Waals surface area contributed by atoms with Gasteiger partial charge in [0.1, 0.15) is 23.4 Å². The molecular weight excluding hydrogens is 492 g/mol. The first kappa shape index (κ1) is 27.0. The van der Waals surface area contributed by atoms with Gasteiger partial charge >= 0.3 is 5.97 Å². The van der Waals surface area contributed by atoms with Crippen molar-refractivity contribution >= 4 is 33.5 Å². The maximum absolute atomic E-state index is 13.3. The number of phenols is 1. The van der Waals surface area contributed by atoms with Crippen LogP contribution in [-0.4, -0.2) is 53.9 Å². The molecule has 1 fully saturated rings. The number of nitrogens with one attached hydrogen (secondary N) is 1. The van der Waals surface area contributed by atoms with Crippen molar-refractivity contribution in [1.29, 1.82) is 0 Å². The Morgan fingerprint density at radius 1 is 1.20 bits per heavy atom. The summed E-state index contributed by atoms with van der Waals surface area (Å²) in [5, 5.41) is 12.5. The minimum Gasteiger partial charge on any atom is -0.506 e. The smallest absolute Gasteiger partial charge is 0.329 e. The second-order valence-electron chi connectivity index (χ2n) is 9.67. The number of aromatic hydroxyl groups is 1. The van der Waals surface area contributed by atoms with Crippen LogP contribution in [0, 0.1) is 6.92 Å². The van der Waals surface area contributed by atoms with Crippen molar-refractivity contribution < 1.29 is 27.9 Å². The minimum absolute atomic E-state index is 0.0537. The highest BCUT2D eigenvalue weighted by molar-refractivity contribution is 7.89. The van der Waals surface area contributed by atoms with Gasteiger partial charge in [-0.15, -0.1) is 0 Å². The predicted octanol–water partition coefficient (Wildman–Crippen LogP) is 3.58. The Kier molecular flexibility index (Phi) is 8.14. The Labute approximate surface area is 211 Å². The number of rotatable bonds is 7. The van der Waals surface area contributed by atoms with E-state index >= 15 is 0 Å². The second kappa shape index (κ2) is 10.6. The van der Waals surface area contributed by atoms with Gasteiger partial charge in [0.05, 0.1) is 9.92 Å². The number of esters is 1. The molecule has 1 heterocycles. The normalized spacial score (nSPS) is 17.7. The minimum atomic E-state index is -3.89. The van der Waals surface area contributed by atoms with E-state index in [0.717, 1.165) is 5.56 Å². The number of carbonyl (C=O) groups is 2. The van der Waals surface area contributed by atoms with Crippen molar-refractivity contribution in [1.82, 2.24) is 9.62 Å². The number of aryl methyl sites for hydroxylation is 1. The van der Waals surface area contributed by atoms with Crippen LogP contribution < -0.4 is 5.32 Å². The maximum atomic E-state index is 13.3. The van der Waals surface area contributed by atoms with Crippen molar-refractivity contribution in [2.75, 3.05) is 6.54 Å². The topological polar surface area (TPSA) is 113 Å². The molecule has 0 saturated carbocycles. The van der Waals surface area contributed by atoms with Crippen molar-refractivity contribution in [3.8, 4) is 5.75 Å². The maximum Gasteiger partial charge on any atom is 0.329 e. The van der Waals surface area contributed by atoms with E-state index in [1.807, 2.05) is 6.92 Å². The lowest BCUT2D eigenvalue weighted by Crippen LogP contribution is -2.52. The monoisotopic (exact) mass is 522 g/mol. The molecule has 8 nitrogen and oxygen atoms in total. The quantitative estimate of drug-likeness (QED) is 0.537. The summed E-state index contributed by atoms with van der Waals surface area (Å²) in [6.07, 6.45) is 0.912. The zero-order valence-electron chi connectivity index (χ0n) is 20.2. The third-order valence-corrected chi connectivity index (χ3v) is 7.82. The average Bonchev–Trinajstić information content (AvgIpc) is 3.26. The highest BCUT2D eigenvalue weighted by Gasteiger charge is 2.41. The predicted molar refractivity (Wildman–Crippen MR) is 133 cm³/mol. The number of ether oxygens (including phenoxy) is 1. The molecule has 2 N–H and O–H groups in total. The molecule has 0 unspecified atom stereocenters. The van der Waals surface area contributed by atoms with E-state index in [-0.39, 0.29) is 28.6 Å². The van der Waals surface area contributed by atoms with Crippen molar-refractivity contribution in [2.45, 2.75) is 69.5 Å². The van der Waals surface area contributed by atoms with Gasteiger partial charge in [0.15, 0.2) is 0 Å². The van der Waals surface area contributed by atoms with E-state index < -0.39 is 39.6 Å². The van der Waals surface area contributed by atoms with Crippen LogP contribution >= 0.6 is 11.6 Å². The summed E-state index contributed by atoms with van der Waals surface area (Å²) in [5.41, 5.74) is 0.731. The largest absolute Gasteiger partial charge is 0.506 e. The number of halogens is 1. The molecule has 2 aromatic carbocycles. The van der Waals surface area contributed by atoms with E-state index in [1.54, 1.807) is 39.0 Å². The summed E-state index contributed by atoms with van der Waals surface area (Å²) >= 11 is 6.00.